The van der Waals surface area contributed by atoms with E-state index >= 15 is 0 Å². The third-order valence-electron chi connectivity index (χ3n) is 5.96. The molecule has 1 saturated heterocycles. The molecule has 0 saturated carbocycles. The van der Waals surface area contributed by atoms with E-state index in [9.17, 15) is 26.4 Å². The van der Waals surface area contributed by atoms with Crippen molar-refractivity contribution in [1.82, 2.24) is 14.0 Å². The first kappa shape index (κ1) is 32.7. The summed E-state index contributed by atoms with van der Waals surface area (Å²) in [7, 11) is -1.11. The van der Waals surface area contributed by atoms with Crippen molar-refractivity contribution in [2.75, 3.05) is 47.2 Å². The van der Waals surface area contributed by atoms with Crippen molar-refractivity contribution in [3.63, 3.8) is 0 Å². The zero-order valence-electron chi connectivity index (χ0n) is 22.4. The number of hydrogen-bond acceptors (Lipinski definition) is 9. The molecule has 1 aromatic heterocycles. The number of aromatic nitrogens is 1. The molecular weight excluding hydrogens is 595 g/mol. The lowest BCUT2D eigenvalue weighted by Gasteiger charge is -2.23. The molecule has 1 atom stereocenters. The maximum atomic E-state index is 13.0. The predicted octanol–water partition coefficient (Wildman–Crippen LogP) is 4.59. The summed E-state index contributed by atoms with van der Waals surface area (Å²) in [5.74, 6) is 0.363. The zero-order valence-corrected chi connectivity index (χ0v) is 24.0. The summed E-state index contributed by atoms with van der Waals surface area (Å²) in [4.78, 5) is 15.9. The van der Waals surface area contributed by atoms with Crippen LogP contribution in [0, 0.1) is 0 Å². The summed E-state index contributed by atoms with van der Waals surface area (Å²) >= 11 is 6.01. The van der Waals surface area contributed by atoms with Crippen LogP contribution in [0.3, 0.4) is 0 Å². The maximum Gasteiger partial charge on any atom is 0.421 e. The van der Waals surface area contributed by atoms with Crippen molar-refractivity contribution in [3.05, 3.63) is 46.6 Å². The van der Waals surface area contributed by atoms with Crippen molar-refractivity contribution in [2.24, 2.45) is 0 Å². The van der Waals surface area contributed by atoms with Crippen molar-refractivity contribution in [3.8, 4) is 17.4 Å². The first-order valence-electron chi connectivity index (χ1n) is 12.5. The molecule has 1 fully saturated rings. The molecule has 3 rings (SSSR count). The molecule has 2 heterocycles. The number of hydrogen-bond donors (Lipinski definition) is 1. The number of pyridine rings is 1. The van der Waals surface area contributed by atoms with Crippen molar-refractivity contribution < 1.29 is 50.1 Å². The third-order valence-corrected chi connectivity index (χ3v) is 7.76. The number of alkyl halides is 3. The van der Waals surface area contributed by atoms with Gasteiger partial charge in [-0.25, -0.2) is 14.5 Å². The predicted molar refractivity (Wildman–Crippen MR) is 141 cm³/mol. The molecule has 16 heteroatoms. The van der Waals surface area contributed by atoms with Crippen LogP contribution in [0.2, 0.25) is 5.02 Å². The Hall–Kier alpha value is -2.85. The number of benzene rings is 1. The van der Waals surface area contributed by atoms with E-state index in [0.717, 1.165) is 0 Å². The highest BCUT2D eigenvalue weighted by Gasteiger charge is 2.35. The number of ether oxygens (including phenoxy) is 5. The topological polar surface area (TPSA) is 126 Å². The van der Waals surface area contributed by atoms with E-state index in [2.05, 4.69) is 4.98 Å². The fourth-order valence-electron chi connectivity index (χ4n) is 4.03. The van der Waals surface area contributed by atoms with Crippen LogP contribution in [-0.4, -0.2) is 77.0 Å². The minimum atomic E-state index is -4.62. The third kappa shape index (κ3) is 9.60. The van der Waals surface area contributed by atoms with Gasteiger partial charge < -0.3 is 23.7 Å². The molecule has 0 aliphatic carbocycles. The SMILES string of the molecule is COCCOc1ccc(CCCOC(=O)NS(=O)(=O)N2CCC[C@H]2COC)c(Oc2ncc(C(F)(F)F)cc2Cl)c1. The van der Waals surface area contributed by atoms with E-state index in [1.54, 1.807) is 12.1 Å². The summed E-state index contributed by atoms with van der Waals surface area (Å²) in [6.07, 6.45) is -3.31. The van der Waals surface area contributed by atoms with Crippen LogP contribution in [0.1, 0.15) is 30.4 Å². The van der Waals surface area contributed by atoms with Crippen LogP contribution in [0.15, 0.2) is 30.5 Å². The molecule has 0 unspecified atom stereocenters. The number of halogens is 4. The number of rotatable bonds is 14. The lowest BCUT2D eigenvalue weighted by molar-refractivity contribution is -0.137. The van der Waals surface area contributed by atoms with Gasteiger partial charge in [-0.1, -0.05) is 17.7 Å². The molecule has 0 spiro atoms. The molecule has 2 aromatic rings. The highest BCUT2D eigenvalue weighted by Crippen LogP contribution is 2.36. The smallest absolute Gasteiger partial charge is 0.421 e. The highest BCUT2D eigenvalue weighted by atomic mass is 35.5. The van der Waals surface area contributed by atoms with E-state index in [-0.39, 0.29) is 61.9 Å². The van der Waals surface area contributed by atoms with Crippen LogP contribution in [0.5, 0.6) is 17.4 Å². The Balaban J connectivity index is 1.63. The molecule has 228 valence electrons. The van der Waals surface area contributed by atoms with Gasteiger partial charge in [0, 0.05) is 39.1 Å². The minimum Gasteiger partial charge on any atom is -0.491 e. The monoisotopic (exact) mass is 625 g/mol. The normalized spacial score (nSPS) is 16.0. The van der Waals surface area contributed by atoms with Gasteiger partial charge in [0.25, 0.3) is 0 Å². The molecule has 1 aromatic carbocycles. The number of nitrogens with zero attached hydrogens (tertiary/aromatic N) is 2. The van der Waals surface area contributed by atoms with Gasteiger partial charge in [0.2, 0.25) is 5.88 Å². The Kier molecular flexibility index (Phi) is 11.8. The number of amides is 1. The molecule has 0 bridgehead atoms. The first-order chi connectivity index (χ1) is 19.4. The molecule has 1 amide bonds. The molecule has 41 heavy (non-hydrogen) atoms. The maximum absolute atomic E-state index is 13.0. The van der Waals surface area contributed by atoms with E-state index < -0.39 is 28.0 Å². The molecule has 0 radical (unpaired) electrons. The number of methoxy groups -OCH3 is 2. The number of carbonyl (C=O) groups is 1. The van der Waals surface area contributed by atoms with Crippen LogP contribution >= 0.6 is 11.6 Å². The van der Waals surface area contributed by atoms with Gasteiger partial charge in [0.05, 0.1) is 25.4 Å². The first-order valence-corrected chi connectivity index (χ1v) is 14.4. The second kappa shape index (κ2) is 14.9. The Bertz CT molecular complexity index is 1280. The quantitative estimate of drug-likeness (QED) is 0.300. The number of aryl methyl sites for hydroxylation is 1. The minimum absolute atomic E-state index is 0.131. The summed E-state index contributed by atoms with van der Waals surface area (Å²) in [6, 6.07) is 5.20. The van der Waals surface area contributed by atoms with Crippen LogP contribution in [0.25, 0.3) is 0 Å². The Morgan fingerprint density at radius 3 is 2.63 bits per heavy atom. The second-order valence-electron chi connectivity index (χ2n) is 8.93. The molecule has 1 N–H and O–H groups in total. The van der Waals surface area contributed by atoms with E-state index in [4.69, 9.17) is 35.3 Å². The van der Waals surface area contributed by atoms with Gasteiger partial charge >= 0.3 is 22.5 Å². The average molecular weight is 626 g/mol. The Morgan fingerprint density at radius 2 is 1.95 bits per heavy atom. The van der Waals surface area contributed by atoms with Gasteiger partial charge in [0.1, 0.15) is 23.1 Å². The van der Waals surface area contributed by atoms with Crippen LogP contribution < -0.4 is 14.2 Å². The fourth-order valence-corrected chi connectivity index (χ4v) is 5.55. The van der Waals surface area contributed by atoms with Gasteiger partial charge in [-0.3, -0.25) is 0 Å². The largest absolute Gasteiger partial charge is 0.491 e. The van der Waals surface area contributed by atoms with Gasteiger partial charge in [-0.05, 0) is 43.4 Å². The van der Waals surface area contributed by atoms with Crippen LogP contribution in [-0.2, 0) is 37.0 Å². The lowest BCUT2D eigenvalue weighted by atomic mass is 10.1. The summed E-state index contributed by atoms with van der Waals surface area (Å²) in [6.45, 7) is 0.911. The molecule has 11 nitrogen and oxygen atoms in total. The Labute approximate surface area is 241 Å². The van der Waals surface area contributed by atoms with E-state index in [1.165, 1.54) is 24.6 Å². The standard InChI is InChI=1S/C25H31ClF3N3O8S/c1-36-11-12-38-20-8-7-17(22(14-20)40-23-21(26)13-18(15-30-23)25(27,28)29)5-4-10-39-24(33)31-41(34,35)32-9-3-6-19(32)16-37-2/h7-8,13-15,19H,3-6,9-12,16H2,1-2H3,(H,31,33)/t19-/m0/s1. The van der Waals surface area contributed by atoms with E-state index in [1.807, 2.05) is 4.72 Å². The average Bonchev–Trinajstić information content (AvgIpc) is 3.38. The Morgan fingerprint density at radius 1 is 1.17 bits per heavy atom. The second-order valence-corrected chi connectivity index (χ2v) is 11.0. The van der Waals surface area contributed by atoms with Gasteiger partial charge in [-0.15, -0.1) is 0 Å². The lowest BCUT2D eigenvalue weighted by Crippen LogP contribution is -2.47. The molecular formula is C25H31ClF3N3O8S. The summed E-state index contributed by atoms with van der Waals surface area (Å²) < 4.78 is 93.6. The zero-order chi connectivity index (χ0) is 30.0. The highest BCUT2D eigenvalue weighted by molar-refractivity contribution is 7.87. The van der Waals surface area contributed by atoms with Gasteiger partial charge in [-0.2, -0.15) is 25.9 Å². The van der Waals surface area contributed by atoms with Crippen molar-refractivity contribution in [1.29, 1.82) is 0 Å². The number of carbonyl (C=O) groups excluding carboxylic acids is 1. The number of nitrogens with one attached hydrogen (secondary N) is 1. The molecule has 1 aliphatic rings. The molecule has 1 aliphatic heterocycles. The fraction of sp³-hybridized carbons (Fsp3) is 0.520. The van der Waals surface area contributed by atoms with Crippen LogP contribution in [0.4, 0.5) is 18.0 Å². The van der Waals surface area contributed by atoms with Gasteiger partial charge in [0.15, 0.2) is 0 Å². The summed E-state index contributed by atoms with van der Waals surface area (Å²) in [5, 5.41) is -0.344. The summed E-state index contributed by atoms with van der Waals surface area (Å²) in [5.41, 5.74) is -0.443. The van der Waals surface area contributed by atoms with Crippen molar-refractivity contribution >= 4 is 27.9 Å². The van der Waals surface area contributed by atoms with E-state index in [0.29, 0.717) is 43.0 Å². The van der Waals surface area contributed by atoms with Crippen molar-refractivity contribution in [2.45, 2.75) is 37.9 Å².